The van der Waals surface area contributed by atoms with Crippen molar-refractivity contribution < 1.29 is 17.9 Å². The highest BCUT2D eigenvalue weighted by Gasteiger charge is 2.29. The second kappa shape index (κ2) is 6.77. The first-order chi connectivity index (χ1) is 9.92. The van der Waals surface area contributed by atoms with Crippen LogP contribution in [-0.4, -0.2) is 51.8 Å². The van der Waals surface area contributed by atoms with Gasteiger partial charge in [-0.25, -0.2) is 8.42 Å². The second-order valence-electron chi connectivity index (χ2n) is 5.08. The lowest BCUT2D eigenvalue weighted by atomic mass is 10.1. The molecule has 1 unspecified atom stereocenters. The van der Waals surface area contributed by atoms with Crippen LogP contribution in [0.5, 0.6) is 0 Å². The zero-order valence-electron chi connectivity index (χ0n) is 11.8. The number of rotatable bonds is 5. The summed E-state index contributed by atoms with van der Waals surface area (Å²) in [5.74, 6) is -0.339. The fourth-order valence-corrected chi connectivity index (χ4v) is 3.81. The number of likely N-dealkylation sites (tertiary alicyclic amines) is 1. The summed E-state index contributed by atoms with van der Waals surface area (Å²) in [7, 11) is -1.95. The minimum absolute atomic E-state index is 0.0303. The zero-order chi connectivity index (χ0) is 15.5. The Labute approximate surface area is 129 Å². The van der Waals surface area contributed by atoms with Crippen molar-refractivity contribution >= 4 is 27.4 Å². The van der Waals surface area contributed by atoms with E-state index in [0.29, 0.717) is 24.5 Å². The number of methoxy groups -OCH3 is 1. The van der Waals surface area contributed by atoms with E-state index < -0.39 is 9.84 Å². The summed E-state index contributed by atoms with van der Waals surface area (Å²) in [5, 5.41) is 0.509. The number of esters is 1. The van der Waals surface area contributed by atoms with Crippen molar-refractivity contribution in [1.29, 1.82) is 0 Å². The van der Waals surface area contributed by atoms with E-state index in [1.54, 1.807) is 12.1 Å². The van der Waals surface area contributed by atoms with E-state index in [1.165, 1.54) is 19.2 Å². The first-order valence-corrected chi connectivity index (χ1v) is 8.74. The molecule has 0 spiro atoms. The molecule has 0 bridgehead atoms. The van der Waals surface area contributed by atoms with Gasteiger partial charge >= 0.3 is 5.97 Å². The van der Waals surface area contributed by atoms with Crippen LogP contribution in [0.2, 0.25) is 5.02 Å². The zero-order valence-corrected chi connectivity index (χ0v) is 13.4. The summed E-state index contributed by atoms with van der Waals surface area (Å²) in [4.78, 5) is 13.7. The van der Waals surface area contributed by atoms with E-state index in [4.69, 9.17) is 16.3 Å². The SMILES string of the molecule is COC(=O)C1CCN(CCS(=O)(=O)c2ccc(Cl)cc2)C1. The molecule has 1 aliphatic rings. The van der Waals surface area contributed by atoms with Gasteiger partial charge in [0.15, 0.2) is 9.84 Å². The van der Waals surface area contributed by atoms with Gasteiger partial charge in [0, 0.05) is 18.1 Å². The molecule has 21 heavy (non-hydrogen) atoms. The third-order valence-electron chi connectivity index (χ3n) is 3.66. The number of sulfone groups is 1. The monoisotopic (exact) mass is 331 g/mol. The summed E-state index contributed by atoms with van der Waals surface area (Å²) in [5.41, 5.74) is 0. The number of carbonyl (C=O) groups is 1. The van der Waals surface area contributed by atoms with Crippen molar-refractivity contribution in [3.05, 3.63) is 29.3 Å². The van der Waals surface area contributed by atoms with Crippen LogP contribution in [-0.2, 0) is 19.4 Å². The lowest BCUT2D eigenvalue weighted by Gasteiger charge is -2.15. The maximum atomic E-state index is 12.2. The first kappa shape index (κ1) is 16.3. The van der Waals surface area contributed by atoms with Gasteiger partial charge in [0.25, 0.3) is 0 Å². The van der Waals surface area contributed by atoms with E-state index in [2.05, 4.69) is 0 Å². The molecule has 1 heterocycles. The highest BCUT2D eigenvalue weighted by atomic mass is 35.5. The van der Waals surface area contributed by atoms with Crippen LogP contribution in [0.25, 0.3) is 0 Å². The van der Waals surface area contributed by atoms with Crippen molar-refractivity contribution in [3.8, 4) is 0 Å². The molecule has 1 saturated heterocycles. The van der Waals surface area contributed by atoms with E-state index >= 15 is 0 Å². The Morgan fingerprint density at radius 3 is 2.67 bits per heavy atom. The molecule has 0 aliphatic carbocycles. The predicted octanol–water partition coefficient (Wildman–Crippen LogP) is 1.61. The molecule has 5 nitrogen and oxygen atoms in total. The van der Waals surface area contributed by atoms with E-state index in [1.807, 2.05) is 4.90 Å². The van der Waals surface area contributed by atoms with Crippen LogP contribution in [0.15, 0.2) is 29.2 Å². The molecule has 0 aromatic heterocycles. The van der Waals surface area contributed by atoms with Crippen molar-refractivity contribution in [2.24, 2.45) is 5.92 Å². The Morgan fingerprint density at radius 1 is 1.38 bits per heavy atom. The van der Waals surface area contributed by atoms with Gasteiger partial charge in [0.2, 0.25) is 0 Å². The lowest BCUT2D eigenvalue weighted by Crippen LogP contribution is -2.29. The molecule has 7 heteroatoms. The van der Waals surface area contributed by atoms with Crippen molar-refractivity contribution in [3.63, 3.8) is 0 Å². The van der Waals surface area contributed by atoms with Gasteiger partial charge in [-0.3, -0.25) is 4.79 Å². The van der Waals surface area contributed by atoms with Gasteiger partial charge in [0.05, 0.1) is 23.7 Å². The quantitative estimate of drug-likeness (QED) is 0.767. The van der Waals surface area contributed by atoms with Gasteiger partial charge in [-0.1, -0.05) is 11.6 Å². The highest BCUT2D eigenvalue weighted by Crippen LogP contribution is 2.19. The molecule has 1 atom stereocenters. The molecule has 0 radical (unpaired) electrons. The fraction of sp³-hybridized carbons (Fsp3) is 0.500. The Kier molecular flexibility index (Phi) is 5.24. The highest BCUT2D eigenvalue weighted by molar-refractivity contribution is 7.91. The van der Waals surface area contributed by atoms with Gasteiger partial charge < -0.3 is 9.64 Å². The second-order valence-corrected chi connectivity index (χ2v) is 7.63. The first-order valence-electron chi connectivity index (χ1n) is 6.71. The molecule has 2 rings (SSSR count). The summed E-state index contributed by atoms with van der Waals surface area (Å²) in [6.45, 7) is 1.69. The number of carbonyl (C=O) groups excluding carboxylic acids is 1. The predicted molar refractivity (Wildman–Crippen MR) is 80.1 cm³/mol. The molecule has 1 fully saturated rings. The number of ether oxygens (including phenoxy) is 1. The minimum Gasteiger partial charge on any atom is -0.469 e. The molecule has 116 valence electrons. The largest absolute Gasteiger partial charge is 0.469 e. The molecular weight excluding hydrogens is 314 g/mol. The van der Waals surface area contributed by atoms with Crippen LogP contribution in [0.4, 0.5) is 0 Å². The molecular formula is C14H18ClNO4S. The third kappa shape index (κ3) is 4.18. The van der Waals surface area contributed by atoms with Gasteiger partial charge in [-0.15, -0.1) is 0 Å². The number of hydrogen-bond acceptors (Lipinski definition) is 5. The van der Waals surface area contributed by atoms with Crippen LogP contribution >= 0.6 is 11.6 Å². The fourth-order valence-electron chi connectivity index (χ4n) is 2.40. The Balaban J connectivity index is 1.91. The number of hydrogen-bond donors (Lipinski definition) is 0. The maximum absolute atomic E-state index is 12.2. The van der Waals surface area contributed by atoms with E-state index in [-0.39, 0.29) is 22.5 Å². The molecule has 0 N–H and O–H groups in total. The Morgan fingerprint density at radius 2 is 2.05 bits per heavy atom. The Hall–Kier alpha value is -1.11. The standard InChI is InChI=1S/C14H18ClNO4S/c1-20-14(17)11-6-7-16(10-11)8-9-21(18,19)13-4-2-12(15)3-5-13/h2-5,11H,6-10H2,1H3. The van der Waals surface area contributed by atoms with Crippen molar-refractivity contribution in [1.82, 2.24) is 4.90 Å². The van der Waals surface area contributed by atoms with Crippen LogP contribution in [0, 0.1) is 5.92 Å². The normalized spacial score (nSPS) is 19.6. The number of nitrogens with zero attached hydrogens (tertiary/aromatic N) is 1. The Bertz CT molecular complexity index is 600. The number of benzene rings is 1. The average Bonchev–Trinajstić information content (AvgIpc) is 2.94. The summed E-state index contributed by atoms with van der Waals surface area (Å²) in [6.07, 6.45) is 0.716. The maximum Gasteiger partial charge on any atom is 0.310 e. The van der Waals surface area contributed by atoms with Crippen molar-refractivity contribution in [2.75, 3.05) is 32.5 Å². The third-order valence-corrected chi connectivity index (χ3v) is 5.62. The molecule has 1 aromatic carbocycles. The van der Waals surface area contributed by atoms with Crippen molar-refractivity contribution in [2.45, 2.75) is 11.3 Å². The lowest BCUT2D eigenvalue weighted by molar-refractivity contribution is -0.144. The molecule has 0 saturated carbocycles. The van der Waals surface area contributed by atoms with E-state index in [0.717, 1.165) is 6.54 Å². The topological polar surface area (TPSA) is 63.7 Å². The van der Waals surface area contributed by atoms with Crippen LogP contribution < -0.4 is 0 Å². The van der Waals surface area contributed by atoms with Gasteiger partial charge in [-0.05, 0) is 37.2 Å². The minimum atomic E-state index is -3.32. The van der Waals surface area contributed by atoms with Gasteiger partial charge in [0.1, 0.15) is 0 Å². The molecule has 0 amide bonds. The van der Waals surface area contributed by atoms with Gasteiger partial charge in [-0.2, -0.15) is 0 Å². The van der Waals surface area contributed by atoms with Crippen LogP contribution in [0.1, 0.15) is 6.42 Å². The number of halogens is 1. The summed E-state index contributed by atoms with van der Waals surface area (Å²) < 4.78 is 29.1. The molecule has 1 aliphatic heterocycles. The average molecular weight is 332 g/mol. The summed E-state index contributed by atoms with van der Waals surface area (Å²) >= 11 is 5.76. The molecule has 1 aromatic rings. The van der Waals surface area contributed by atoms with E-state index in [9.17, 15) is 13.2 Å². The smallest absolute Gasteiger partial charge is 0.310 e. The summed E-state index contributed by atoms with van der Waals surface area (Å²) in [6, 6.07) is 6.16. The van der Waals surface area contributed by atoms with Crippen LogP contribution in [0.3, 0.4) is 0 Å².